The summed E-state index contributed by atoms with van der Waals surface area (Å²) in [5, 5.41) is 0. The van der Waals surface area contributed by atoms with Crippen LogP contribution in [-0.2, 0) is 0 Å². The molecule has 0 aromatic carbocycles. The predicted octanol–water partition coefficient (Wildman–Crippen LogP) is 2.37. The molecule has 1 rings (SSSR count). The van der Waals surface area contributed by atoms with Gasteiger partial charge in [-0.2, -0.15) is 0 Å². The molecule has 0 radical (unpaired) electrons. The summed E-state index contributed by atoms with van der Waals surface area (Å²) < 4.78 is 0. The Morgan fingerprint density at radius 3 is 2.45 bits per heavy atom. The Kier molecular flexibility index (Phi) is 6.81. The first-order valence-electron chi connectivity index (χ1n) is 8.01. The molecule has 0 bridgehead atoms. The molecule has 0 aliphatic carbocycles. The Balaban J connectivity index is 2.79. The van der Waals surface area contributed by atoms with Gasteiger partial charge >= 0.3 is 0 Å². The predicted molar refractivity (Wildman–Crippen MR) is 92.2 cm³/mol. The van der Waals surface area contributed by atoms with Crippen LogP contribution in [0, 0.1) is 5.41 Å². The van der Waals surface area contributed by atoms with Crippen LogP contribution in [-0.4, -0.2) is 49.0 Å². The van der Waals surface area contributed by atoms with Crippen molar-refractivity contribution in [1.29, 1.82) is 0 Å². The van der Waals surface area contributed by atoms with Crippen LogP contribution in [0.4, 0.5) is 5.82 Å². The highest BCUT2D eigenvalue weighted by molar-refractivity contribution is 5.93. The molecule has 1 aromatic rings. The monoisotopic (exact) mass is 306 g/mol. The van der Waals surface area contributed by atoms with E-state index in [-0.39, 0.29) is 11.3 Å². The molecular weight excluding hydrogens is 276 g/mol. The van der Waals surface area contributed by atoms with Crippen LogP contribution in [0.15, 0.2) is 18.3 Å². The highest BCUT2D eigenvalue weighted by Gasteiger charge is 2.22. The van der Waals surface area contributed by atoms with Gasteiger partial charge in [0, 0.05) is 32.9 Å². The standard InChI is InChI=1S/C17H30N4O/c1-6-10-21(7-2)15-9-8-14(11-19-15)16(22)20(5)13-17(3,4)12-18/h8-9,11H,6-7,10,12-13,18H2,1-5H3. The van der Waals surface area contributed by atoms with Crippen LogP contribution in [0.25, 0.3) is 0 Å². The molecule has 0 saturated heterocycles. The highest BCUT2D eigenvalue weighted by Crippen LogP contribution is 2.17. The van der Waals surface area contributed by atoms with Gasteiger partial charge in [0.2, 0.25) is 0 Å². The molecule has 0 spiro atoms. The van der Waals surface area contributed by atoms with Crippen molar-refractivity contribution in [2.45, 2.75) is 34.1 Å². The lowest BCUT2D eigenvalue weighted by Crippen LogP contribution is -2.39. The fourth-order valence-corrected chi connectivity index (χ4v) is 2.40. The van der Waals surface area contributed by atoms with E-state index >= 15 is 0 Å². The van der Waals surface area contributed by atoms with Gasteiger partial charge < -0.3 is 15.5 Å². The van der Waals surface area contributed by atoms with Crippen molar-refractivity contribution in [2.75, 3.05) is 38.1 Å². The zero-order valence-corrected chi connectivity index (χ0v) is 14.6. The van der Waals surface area contributed by atoms with Crippen LogP contribution in [0.1, 0.15) is 44.5 Å². The number of rotatable bonds is 8. The van der Waals surface area contributed by atoms with Crippen LogP contribution < -0.4 is 10.6 Å². The number of nitrogens with two attached hydrogens (primary N) is 1. The van der Waals surface area contributed by atoms with E-state index in [1.807, 2.05) is 19.2 Å². The third-order valence-electron chi connectivity index (χ3n) is 3.76. The minimum atomic E-state index is -0.0854. The smallest absolute Gasteiger partial charge is 0.255 e. The van der Waals surface area contributed by atoms with Crippen molar-refractivity contribution in [1.82, 2.24) is 9.88 Å². The average molecular weight is 306 g/mol. The lowest BCUT2D eigenvalue weighted by atomic mass is 9.93. The number of carbonyl (C=O) groups is 1. The Morgan fingerprint density at radius 1 is 1.32 bits per heavy atom. The Labute approximate surface area is 134 Å². The summed E-state index contributed by atoms with van der Waals surface area (Å²) in [5.41, 5.74) is 6.27. The number of pyridine rings is 1. The Morgan fingerprint density at radius 2 is 2.00 bits per heavy atom. The maximum atomic E-state index is 12.4. The number of hydrogen-bond donors (Lipinski definition) is 1. The molecule has 0 unspecified atom stereocenters. The van der Waals surface area contributed by atoms with E-state index < -0.39 is 0 Å². The van der Waals surface area contributed by atoms with E-state index in [4.69, 9.17) is 5.73 Å². The van der Waals surface area contributed by atoms with Gasteiger partial charge in [-0.05, 0) is 37.4 Å². The Hall–Kier alpha value is -1.62. The third kappa shape index (κ3) is 4.98. The molecule has 0 atom stereocenters. The second-order valence-electron chi connectivity index (χ2n) is 6.51. The first kappa shape index (κ1) is 18.4. The summed E-state index contributed by atoms with van der Waals surface area (Å²) in [6.07, 6.45) is 2.75. The lowest BCUT2D eigenvalue weighted by molar-refractivity contribution is 0.0740. The fourth-order valence-electron chi connectivity index (χ4n) is 2.40. The summed E-state index contributed by atoms with van der Waals surface area (Å²) in [6, 6.07) is 3.78. The average Bonchev–Trinajstić information content (AvgIpc) is 2.51. The minimum absolute atomic E-state index is 0.0147. The number of nitrogens with zero attached hydrogens (tertiary/aromatic N) is 3. The summed E-state index contributed by atoms with van der Waals surface area (Å²) in [5.74, 6) is 0.907. The second-order valence-corrected chi connectivity index (χ2v) is 6.51. The van der Waals surface area contributed by atoms with E-state index in [0.717, 1.165) is 25.3 Å². The van der Waals surface area contributed by atoms with Crippen LogP contribution >= 0.6 is 0 Å². The number of anilines is 1. The zero-order chi connectivity index (χ0) is 16.8. The maximum absolute atomic E-state index is 12.4. The van der Waals surface area contributed by atoms with Crippen molar-refractivity contribution in [3.8, 4) is 0 Å². The van der Waals surface area contributed by atoms with Crippen LogP contribution in [0.2, 0.25) is 0 Å². The quantitative estimate of drug-likeness (QED) is 0.801. The molecular formula is C17H30N4O. The number of amides is 1. The molecule has 5 nitrogen and oxygen atoms in total. The number of hydrogen-bond acceptors (Lipinski definition) is 4. The second kappa shape index (κ2) is 8.13. The topological polar surface area (TPSA) is 62.5 Å². The molecule has 0 aliphatic rings. The first-order valence-corrected chi connectivity index (χ1v) is 8.01. The molecule has 124 valence electrons. The molecule has 0 saturated carbocycles. The normalized spacial score (nSPS) is 11.4. The van der Waals surface area contributed by atoms with Crippen molar-refractivity contribution < 1.29 is 4.79 Å². The van der Waals surface area contributed by atoms with Gasteiger partial charge in [0.15, 0.2) is 0 Å². The van der Waals surface area contributed by atoms with Crippen LogP contribution in [0.5, 0.6) is 0 Å². The van der Waals surface area contributed by atoms with Crippen molar-refractivity contribution in [3.05, 3.63) is 23.9 Å². The molecule has 1 aromatic heterocycles. The molecule has 22 heavy (non-hydrogen) atoms. The van der Waals surface area contributed by atoms with E-state index in [2.05, 4.69) is 37.6 Å². The molecule has 1 amide bonds. The van der Waals surface area contributed by atoms with E-state index in [9.17, 15) is 4.79 Å². The first-order chi connectivity index (χ1) is 10.3. The van der Waals surface area contributed by atoms with Gasteiger partial charge in [-0.3, -0.25) is 4.79 Å². The van der Waals surface area contributed by atoms with E-state index in [0.29, 0.717) is 18.7 Å². The summed E-state index contributed by atoms with van der Waals surface area (Å²) in [6.45, 7) is 11.4. The van der Waals surface area contributed by atoms with Gasteiger partial charge in [-0.15, -0.1) is 0 Å². The largest absolute Gasteiger partial charge is 0.357 e. The zero-order valence-electron chi connectivity index (χ0n) is 14.6. The summed E-state index contributed by atoms with van der Waals surface area (Å²) >= 11 is 0. The minimum Gasteiger partial charge on any atom is -0.357 e. The van der Waals surface area contributed by atoms with Crippen molar-refractivity contribution in [2.24, 2.45) is 11.1 Å². The van der Waals surface area contributed by atoms with Gasteiger partial charge in [0.25, 0.3) is 5.91 Å². The number of carbonyl (C=O) groups excluding carboxylic acids is 1. The molecule has 1 heterocycles. The molecule has 0 aliphatic heterocycles. The van der Waals surface area contributed by atoms with Crippen LogP contribution in [0.3, 0.4) is 0 Å². The van der Waals surface area contributed by atoms with Crippen molar-refractivity contribution in [3.63, 3.8) is 0 Å². The van der Waals surface area contributed by atoms with E-state index in [1.165, 1.54) is 0 Å². The Bertz CT molecular complexity index is 470. The lowest BCUT2D eigenvalue weighted by Gasteiger charge is -2.29. The maximum Gasteiger partial charge on any atom is 0.255 e. The van der Waals surface area contributed by atoms with Crippen molar-refractivity contribution >= 4 is 11.7 Å². The summed E-state index contributed by atoms with van der Waals surface area (Å²) in [4.78, 5) is 20.8. The number of aromatic nitrogens is 1. The van der Waals surface area contributed by atoms with E-state index in [1.54, 1.807) is 11.1 Å². The molecule has 2 N–H and O–H groups in total. The van der Waals surface area contributed by atoms with Gasteiger partial charge in [0.1, 0.15) is 5.82 Å². The fraction of sp³-hybridized carbons (Fsp3) is 0.647. The molecule has 0 fully saturated rings. The SMILES string of the molecule is CCCN(CC)c1ccc(C(=O)N(C)CC(C)(C)CN)cn1. The van der Waals surface area contributed by atoms with Gasteiger partial charge in [-0.1, -0.05) is 20.8 Å². The van der Waals surface area contributed by atoms with Gasteiger partial charge in [0.05, 0.1) is 5.56 Å². The highest BCUT2D eigenvalue weighted by atomic mass is 16.2. The molecule has 5 heteroatoms. The summed E-state index contributed by atoms with van der Waals surface area (Å²) in [7, 11) is 1.81. The third-order valence-corrected chi connectivity index (χ3v) is 3.76. The van der Waals surface area contributed by atoms with Gasteiger partial charge in [-0.25, -0.2) is 4.98 Å².